The van der Waals surface area contributed by atoms with Crippen LogP contribution < -0.4 is 5.32 Å². The summed E-state index contributed by atoms with van der Waals surface area (Å²) < 4.78 is 37.4. The van der Waals surface area contributed by atoms with Gasteiger partial charge in [-0.3, -0.25) is 9.59 Å². The van der Waals surface area contributed by atoms with Crippen LogP contribution in [0, 0.1) is 0 Å². The zero-order valence-electron chi connectivity index (χ0n) is 10.2. The molecule has 0 atom stereocenters. The summed E-state index contributed by atoms with van der Waals surface area (Å²) in [6.45, 7) is -0.00266. The standard InChI is InChI=1S/C12H12F3NO3S/c13-12(14,15)8-2-1-3-9(6-8)20-7-10(17)16-5-4-11(18)19/h1-3,6H,4-5,7H2,(H,16,17)(H,18,19). The van der Waals surface area contributed by atoms with Gasteiger partial charge in [0.1, 0.15) is 0 Å². The van der Waals surface area contributed by atoms with Gasteiger partial charge in [0.2, 0.25) is 5.91 Å². The average Bonchev–Trinajstić information content (AvgIpc) is 2.35. The molecular formula is C12H12F3NO3S. The number of alkyl halides is 3. The lowest BCUT2D eigenvalue weighted by molar-refractivity contribution is -0.138. The van der Waals surface area contributed by atoms with Crippen LogP contribution in [0.4, 0.5) is 13.2 Å². The summed E-state index contributed by atoms with van der Waals surface area (Å²) in [7, 11) is 0. The Hall–Kier alpha value is -1.70. The second-order valence-corrected chi connectivity index (χ2v) is 4.86. The highest BCUT2D eigenvalue weighted by molar-refractivity contribution is 8.00. The first-order valence-electron chi connectivity index (χ1n) is 5.57. The molecule has 1 amide bonds. The highest BCUT2D eigenvalue weighted by Gasteiger charge is 2.30. The Morgan fingerprint density at radius 3 is 2.60 bits per heavy atom. The van der Waals surface area contributed by atoms with Crippen molar-refractivity contribution in [2.45, 2.75) is 17.5 Å². The molecule has 0 bridgehead atoms. The molecule has 0 saturated carbocycles. The lowest BCUT2D eigenvalue weighted by Crippen LogP contribution is -2.27. The van der Waals surface area contributed by atoms with Crippen LogP contribution in [-0.2, 0) is 15.8 Å². The van der Waals surface area contributed by atoms with Gasteiger partial charge in [0.15, 0.2) is 0 Å². The molecule has 1 aromatic rings. The van der Waals surface area contributed by atoms with Crippen LogP contribution in [-0.4, -0.2) is 29.3 Å². The number of benzene rings is 1. The molecule has 0 aliphatic rings. The van der Waals surface area contributed by atoms with Crippen molar-refractivity contribution >= 4 is 23.6 Å². The second kappa shape index (κ2) is 7.18. The van der Waals surface area contributed by atoms with Crippen LogP contribution in [0.25, 0.3) is 0 Å². The summed E-state index contributed by atoms with van der Waals surface area (Å²) in [6, 6.07) is 4.67. The van der Waals surface area contributed by atoms with Gasteiger partial charge in [-0.15, -0.1) is 11.8 Å². The predicted octanol–water partition coefficient (Wildman–Crippen LogP) is 2.39. The van der Waals surface area contributed by atoms with Crippen molar-refractivity contribution in [3.8, 4) is 0 Å². The average molecular weight is 307 g/mol. The molecule has 0 heterocycles. The van der Waals surface area contributed by atoms with Crippen molar-refractivity contribution in [3.05, 3.63) is 29.8 Å². The summed E-state index contributed by atoms with van der Waals surface area (Å²) >= 11 is 0.958. The van der Waals surface area contributed by atoms with E-state index in [-0.39, 0.29) is 18.7 Å². The first kappa shape index (κ1) is 16.4. The van der Waals surface area contributed by atoms with Gasteiger partial charge < -0.3 is 10.4 Å². The van der Waals surface area contributed by atoms with Gasteiger partial charge in [-0.1, -0.05) is 6.07 Å². The number of thioether (sulfide) groups is 1. The molecule has 1 aromatic carbocycles. The number of hydrogen-bond acceptors (Lipinski definition) is 3. The molecule has 0 saturated heterocycles. The highest BCUT2D eigenvalue weighted by Crippen LogP contribution is 2.31. The lowest BCUT2D eigenvalue weighted by atomic mass is 10.2. The number of carbonyl (C=O) groups is 2. The maximum absolute atomic E-state index is 12.5. The van der Waals surface area contributed by atoms with E-state index in [0.717, 1.165) is 23.9 Å². The van der Waals surface area contributed by atoms with E-state index in [2.05, 4.69) is 5.32 Å². The Bertz CT molecular complexity index is 491. The highest BCUT2D eigenvalue weighted by atomic mass is 32.2. The first-order chi connectivity index (χ1) is 9.29. The van der Waals surface area contributed by atoms with Crippen molar-refractivity contribution in [2.24, 2.45) is 0 Å². The minimum atomic E-state index is -4.42. The summed E-state index contributed by atoms with van der Waals surface area (Å²) in [5.74, 6) is -1.52. The van der Waals surface area contributed by atoms with E-state index in [0.29, 0.717) is 4.90 Å². The monoisotopic (exact) mass is 307 g/mol. The maximum atomic E-state index is 12.5. The van der Waals surface area contributed by atoms with E-state index < -0.39 is 23.6 Å². The zero-order chi connectivity index (χ0) is 15.2. The van der Waals surface area contributed by atoms with Crippen molar-refractivity contribution in [1.29, 1.82) is 0 Å². The van der Waals surface area contributed by atoms with Gasteiger partial charge >= 0.3 is 12.1 Å². The third kappa shape index (κ3) is 5.96. The van der Waals surface area contributed by atoms with Gasteiger partial charge in [-0.2, -0.15) is 13.2 Å². The molecule has 0 unspecified atom stereocenters. The Balaban J connectivity index is 2.45. The van der Waals surface area contributed by atoms with Crippen molar-refractivity contribution in [1.82, 2.24) is 5.32 Å². The Kier molecular flexibility index (Phi) is 5.87. The number of amides is 1. The Morgan fingerprint density at radius 1 is 1.30 bits per heavy atom. The lowest BCUT2D eigenvalue weighted by Gasteiger charge is -2.08. The van der Waals surface area contributed by atoms with Crippen LogP contribution in [0.1, 0.15) is 12.0 Å². The van der Waals surface area contributed by atoms with E-state index in [1.165, 1.54) is 12.1 Å². The van der Waals surface area contributed by atoms with Gasteiger partial charge in [-0.25, -0.2) is 0 Å². The van der Waals surface area contributed by atoms with E-state index in [4.69, 9.17) is 5.11 Å². The van der Waals surface area contributed by atoms with E-state index in [1.807, 2.05) is 0 Å². The van der Waals surface area contributed by atoms with Crippen molar-refractivity contribution < 1.29 is 27.9 Å². The van der Waals surface area contributed by atoms with Crippen LogP contribution in [0.5, 0.6) is 0 Å². The number of rotatable bonds is 6. The number of aliphatic carboxylic acids is 1. The van der Waals surface area contributed by atoms with E-state index in [9.17, 15) is 22.8 Å². The fraction of sp³-hybridized carbons (Fsp3) is 0.333. The normalized spacial score (nSPS) is 11.2. The molecule has 110 valence electrons. The van der Waals surface area contributed by atoms with E-state index >= 15 is 0 Å². The molecule has 1 rings (SSSR count). The smallest absolute Gasteiger partial charge is 0.416 e. The number of carbonyl (C=O) groups excluding carboxylic acids is 1. The number of carboxylic acid groups (broad SMARTS) is 1. The largest absolute Gasteiger partial charge is 0.481 e. The summed E-state index contributed by atoms with van der Waals surface area (Å²) in [4.78, 5) is 21.9. The quantitative estimate of drug-likeness (QED) is 0.792. The molecular weight excluding hydrogens is 295 g/mol. The molecule has 0 aliphatic heterocycles. The minimum absolute atomic E-state index is 0.00266. The fourth-order valence-electron chi connectivity index (χ4n) is 1.27. The zero-order valence-corrected chi connectivity index (χ0v) is 11.1. The molecule has 0 spiro atoms. The third-order valence-electron chi connectivity index (χ3n) is 2.19. The molecule has 2 N–H and O–H groups in total. The Morgan fingerprint density at radius 2 is 2.00 bits per heavy atom. The molecule has 0 fully saturated rings. The molecule has 0 aliphatic carbocycles. The van der Waals surface area contributed by atoms with E-state index in [1.54, 1.807) is 0 Å². The molecule has 20 heavy (non-hydrogen) atoms. The molecule has 8 heteroatoms. The van der Waals surface area contributed by atoms with Gasteiger partial charge in [0.05, 0.1) is 17.7 Å². The van der Waals surface area contributed by atoms with Crippen molar-refractivity contribution in [2.75, 3.05) is 12.3 Å². The fourth-order valence-corrected chi connectivity index (χ4v) is 2.06. The number of carboxylic acids is 1. The maximum Gasteiger partial charge on any atom is 0.416 e. The van der Waals surface area contributed by atoms with Gasteiger partial charge in [-0.05, 0) is 18.2 Å². The van der Waals surface area contributed by atoms with Crippen LogP contribution in [0.3, 0.4) is 0 Å². The summed E-state index contributed by atoms with van der Waals surface area (Å²) in [6.07, 6.45) is -4.61. The topological polar surface area (TPSA) is 66.4 Å². The van der Waals surface area contributed by atoms with Crippen molar-refractivity contribution in [3.63, 3.8) is 0 Å². The molecule has 0 radical (unpaired) electrons. The van der Waals surface area contributed by atoms with Gasteiger partial charge in [0.25, 0.3) is 0 Å². The number of hydrogen-bond donors (Lipinski definition) is 2. The van der Waals surface area contributed by atoms with Crippen LogP contribution >= 0.6 is 11.8 Å². The summed E-state index contributed by atoms with van der Waals surface area (Å²) in [5.41, 5.74) is -0.770. The number of nitrogens with one attached hydrogen (secondary N) is 1. The predicted molar refractivity (Wildman–Crippen MR) is 67.4 cm³/mol. The Labute approximate surface area is 117 Å². The van der Waals surface area contributed by atoms with Gasteiger partial charge in [0, 0.05) is 11.4 Å². The molecule has 0 aromatic heterocycles. The SMILES string of the molecule is O=C(O)CCNC(=O)CSc1cccc(C(F)(F)F)c1. The van der Waals surface area contributed by atoms with Crippen LogP contribution in [0.2, 0.25) is 0 Å². The number of halogens is 3. The molecule has 4 nitrogen and oxygen atoms in total. The first-order valence-corrected chi connectivity index (χ1v) is 6.56. The summed E-state index contributed by atoms with van der Waals surface area (Å²) in [5, 5.41) is 10.7. The third-order valence-corrected chi connectivity index (χ3v) is 3.19. The van der Waals surface area contributed by atoms with Crippen LogP contribution in [0.15, 0.2) is 29.2 Å². The minimum Gasteiger partial charge on any atom is -0.481 e. The second-order valence-electron chi connectivity index (χ2n) is 3.81.